The number of carbonyl (C=O) groups is 1. The Bertz CT molecular complexity index is 631. The van der Waals surface area contributed by atoms with Crippen molar-refractivity contribution >= 4 is 28.6 Å². The molecule has 2 aliphatic rings. The van der Waals surface area contributed by atoms with Gasteiger partial charge in [-0.1, -0.05) is 13.0 Å². The molecule has 1 saturated carbocycles. The van der Waals surface area contributed by atoms with Crippen molar-refractivity contribution in [2.75, 3.05) is 6.54 Å². The Labute approximate surface area is 127 Å². The summed E-state index contributed by atoms with van der Waals surface area (Å²) in [5, 5.41) is 4.28. The summed E-state index contributed by atoms with van der Waals surface area (Å²) in [4.78, 5) is 17.6. The molecule has 4 rings (SSSR count). The fraction of sp³-hybridized carbons (Fsp3) is 0.438. The van der Waals surface area contributed by atoms with E-state index in [4.69, 9.17) is 0 Å². The van der Waals surface area contributed by atoms with Crippen LogP contribution in [-0.4, -0.2) is 17.4 Å². The highest BCUT2D eigenvalue weighted by molar-refractivity contribution is 7.10. The van der Waals surface area contributed by atoms with E-state index in [1.807, 2.05) is 11.3 Å². The first-order chi connectivity index (χ1) is 9.75. The van der Waals surface area contributed by atoms with Crippen LogP contribution in [0.2, 0.25) is 0 Å². The van der Waals surface area contributed by atoms with E-state index >= 15 is 0 Å². The van der Waals surface area contributed by atoms with E-state index in [2.05, 4.69) is 40.8 Å². The van der Waals surface area contributed by atoms with E-state index in [1.165, 1.54) is 15.3 Å². The van der Waals surface area contributed by atoms with Gasteiger partial charge in [-0.15, -0.1) is 22.7 Å². The quantitative estimate of drug-likeness (QED) is 0.823. The van der Waals surface area contributed by atoms with E-state index < -0.39 is 0 Å². The van der Waals surface area contributed by atoms with Gasteiger partial charge in [0.2, 0.25) is 5.91 Å². The third kappa shape index (κ3) is 1.93. The van der Waals surface area contributed by atoms with E-state index in [1.54, 1.807) is 11.3 Å². The number of hydrogen-bond donors (Lipinski definition) is 0. The van der Waals surface area contributed by atoms with Crippen molar-refractivity contribution in [1.82, 2.24) is 4.90 Å². The van der Waals surface area contributed by atoms with Gasteiger partial charge in [0.05, 0.1) is 6.04 Å². The zero-order valence-electron chi connectivity index (χ0n) is 11.4. The standard InChI is InChI=1S/C16H17NOS2/c1-10-9-12(10)16(18)17-6-4-13-11(5-8-20-13)15(17)14-3-2-7-19-14/h2-3,5,7-8,10,12,15H,4,6,9H2,1H3/t10-,12+,15+/m1/s1. The van der Waals surface area contributed by atoms with Crippen LogP contribution in [0.15, 0.2) is 29.0 Å². The predicted molar refractivity (Wildman–Crippen MR) is 83.2 cm³/mol. The SMILES string of the molecule is C[C@@H]1C[C@@H]1C(=O)N1CCc2sccc2[C@H]1c1cccs1. The van der Waals surface area contributed by atoms with Crippen molar-refractivity contribution in [2.45, 2.75) is 25.8 Å². The summed E-state index contributed by atoms with van der Waals surface area (Å²) in [6, 6.07) is 6.62. The zero-order chi connectivity index (χ0) is 13.7. The number of amides is 1. The first kappa shape index (κ1) is 12.6. The van der Waals surface area contributed by atoms with Gasteiger partial charge >= 0.3 is 0 Å². The molecular formula is C16H17NOS2. The van der Waals surface area contributed by atoms with E-state index in [0.717, 1.165) is 19.4 Å². The molecule has 2 nitrogen and oxygen atoms in total. The minimum Gasteiger partial charge on any atom is -0.330 e. The summed E-state index contributed by atoms with van der Waals surface area (Å²) in [5.74, 6) is 1.22. The molecule has 0 bridgehead atoms. The van der Waals surface area contributed by atoms with Crippen molar-refractivity contribution in [3.05, 3.63) is 44.3 Å². The molecule has 4 heteroatoms. The summed E-state index contributed by atoms with van der Waals surface area (Å²) in [5.41, 5.74) is 1.35. The molecule has 0 saturated heterocycles. The maximum atomic E-state index is 12.7. The first-order valence-electron chi connectivity index (χ1n) is 7.16. The molecule has 3 heterocycles. The topological polar surface area (TPSA) is 20.3 Å². The van der Waals surface area contributed by atoms with Gasteiger partial charge in [-0.2, -0.15) is 0 Å². The number of rotatable bonds is 2. The number of thiophene rings is 2. The average molecular weight is 303 g/mol. The Hall–Kier alpha value is -1.13. The summed E-state index contributed by atoms with van der Waals surface area (Å²) in [7, 11) is 0. The molecule has 1 fully saturated rings. The molecule has 1 aliphatic heterocycles. The fourth-order valence-corrected chi connectivity index (χ4v) is 4.94. The number of nitrogens with zero attached hydrogens (tertiary/aromatic N) is 1. The van der Waals surface area contributed by atoms with Crippen molar-refractivity contribution in [3.8, 4) is 0 Å². The summed E-state index contributed by atoms with van der Waals surface area (Å²) in [6.07, 6.45) is 2.09. The summed E-state index contributed by atoms with van der Waals surface area (Å²) >= 11 is 3.59. The second kappa shape index (κ2) is 4.71. The summed E-state index contributed by atoms with van der Waals surface area (Å²) in [6.45, 7) is 3.06. The van der Waals surface area contributed by atoms with Crippen molar-refractivity contribution in [3.63, 3.8) is 0 Å². The number of fused-ring (bicyclic) bond motifs is 1. The second-order valence-corrected chi connectivity index (χ2v) is 7.80. The lowest BCUT2D eigenvalue weighted by molar-refractivity contribution is -0.134. The van der Waals surface area contributed by atoms with Crippen molar-refractivity contribution in [1.29, 1.82) is 0 Å². The normalized spacial score (nSPS) is 28.2. The van der Waals surface area contributed by atoms with Crippen LogP contribution in [0.25, 0.3) is 0 Å². The van der Waals surface area contributed by atoms with Crippen LogP contribution in [0.4, 0.5) is 0 Å². The van der Waals surface area contributed by atoms with Crippen molar-refractivity contribution in [2.24, 2.45) is 11.8 Å². The van der Waals surface area contributed by atoms with Gasteiger partial charge in [0.1, 0.15) is 0 Å². The van der Waals surface area contributed by atoms with Gasteiger partial charge in [0, 0.05) is 22.2 Å². The molecule has 104 valence electrons. The minimum atomic E-state index is 0.158. The third-order valence-corrected chi connectivity index (χ3v) is 6.41. The van der Waals surface area contributed by atoms with Crippen LogP contribution >= 0.6 is 22.7 Å². The predicted octanol–water partition coefficient (Wildman–Crippen LogP) is 3.94. The molecular weight excluding hydrogens is 286 g/mol. The molecule has 1 aliphatic carbocycles. The third-order valence-electron chi connectivity index (χ3n) is 4.49. The molecule has 0 radical (unpaired) electrons. The monoisotopic (exact) mass is 303 g/mol. The lowest BCUT2D eigenvalue weighted by Crippen LogP contribution is -2.40. The van der Waals surface area contributed by atoms with E-state index in [-0.39, 0.29) is 12.0 Å². The Morgan fingerprint density at radius 1 is 1.30 bits per heavy atom. The van der Waals surface area contributed by atoms with Crippen LogP contribution in [0.1, 0.15) is 34.7 Å². The molecule has 0 aromatic carbocycles. The highest BCUT2D eigenvalue weighted by Crippen LogP contribution is 2.45. The Morgan fingerprint density at radius 2 is 2.15 bits per heavy atom. The number of hydrogen-bond acceptors (Lipinski definition) is 3. The number of carbonyl (C=O) groups excluding carboxylic acids is 1. The van der Waals surface area contributed by atoms with Crippen LogP contribution in [-0.2, 0) is 11.2 Å². The summed E-state index contributed by atoms with van der Waals surface area (Å²) < 4.78 is 0. The molecule has 20 heavy (non-hydrogen) atoms. The molecule has 3 atom stereocenters. The fourth-order valence-electron chi connectivity index (χ4n) is 3.19. The Kier molecular flexibility index (Phi) is 2.97. The van der Waals surface area contributed by atoms with Gasteiger partial charge in [0.25, 0.3) is 0 Å². The van der Waals surface area contributed by atoms with Gasteiger partial charge in [-0.3, -0.25) is 4.79 Å². The largest absolute Gasteiger partial charge is 0.330 e. The van der Waals surface area contributed by atoms with Crippen LogP contribution in [0, 0.1) is 11.8 Å². The van der Waals surface area contributed by atoms with Crippen LogP contribution in [0.5, 0.6) is 0 Å². The van der Waals surface area contributed by atoms with E-state index in [9.17, 15) is 4.79 Å². The molecule has 1 amide bonds. The maximum absolute atomic E-state index is 12.7. The molecule has 0 unspecified atom stereocenters. The second-order valence-electron chi connectivity index (χ2n) is 5.82. The highest BCUT2D eigenvalue weighted by atomic mass is 32.1. The maximum Gasteiger partial charge on any atom is 0.226 e. The smallest absolute Gasteiger partial charge is 0.226 e. The first-order valence-corrected chi connectivity index (χ1v) is 8.92. The minimum absolute atomic E-state index is 0.158. The molecule has 0 spiro atoms. The van der Waals surface area contributed by atoms with Gasteiger partial charge in [-0.05, 0) is 47.2 Å². The molecule has 2 aromatic rings. The van der Waals surface area contributed by atoms with Gasteiger partial charge in [-0.25, -0.2) is 0 Å². The van der Waals surface area contributed by atoms with Gasteiger partial charge < -0.3 is 4.90 Å². The zero-order valence-corrected chi connectivity index (χ0v) is 13.0. The van der Waals surface area contributed by atoms with Crippen molar-refractivity contribution < 1.29 is 4.79 Å². The molecule has 0 N–H and O–H groups in total. The average Bonchev–Trinajstić information content (AvgIpc) is 2.92. The van der Waals surface area contributed by atoms with Gasteiger partial charge in [0.15, 0.2) is 0 Å². The lowest BCUT2D eigenvalue weighted by atomic mass is 9.98. The Balaban J connectivity index is 1.73. The van der Waals surface area contributed by atoms with Crippen LogP contribution in [0.3, 0.4) is 0 Å². The lowest BCUT2D eigenvalue weighted by Gasteiger charge is -2.35. The van der Waals surface area contributed by atoms with E-state index in [0.29, 0.717) is 11.8 Å². The molecule has 2 aromatic heterocycles. The highest BCUT2D eigenvalue weighted by Gasteiger charge is 2.44. The van der Waals surface area contributed by atoms with Crippen LogP contribution < -0.4 is 0 Å². The Morgan fingerprint density at radius 3 is 2.85 bits per heavy atom.